The first-order chi connectivity index (χ1) is 11.7. The van der Waals surface area contributed by atoms with E-state index in [9.17, 15) is 19.1 Å². The van der Waals surface area contributed by atoms with Crippen LogP contribution in [0.5, 0.6) is 0 Å². The van der Waals surface area contributed by atoms with Crippen molar-refractivity contribution in [3.05, 3.63) is 40.4 Å². The first kappa shape index (κ1) is 18.9. The number of nitrogens with one attached hydrogen (secondary N) is 1. The van der Waals surface area contributed by atoms with Gasteiger partial charge in [-0.25, -0.2) is 13.9 Å². The van der Waals surface area contributed by atoms with Crippen LogP contribution in [0.3, 0.4) is 0 Å². The van der Waals surface area contributed by atoms with E-state index in [4.69, 9.17) is 11.6 Å². The molecule has 1 aromatic carbocycles. The average Bonchev–Trinajstić information content (AvgIpc) is 2.90. The summed E-state index contributed by atoms with van der Waals surface area (Å²) in [6.07, 6.45) is 0.293. The van der Waals surface area contributed by atoms with Crippen molar-refractivity contribution in [3.63, 3.8) is 0 Å². The van der Waals surface area contributed by atoms with Gasteiger partial charge in [0.25, 0.3) is 5.91 Å². The highest BCUT2D eigenvalue weighted by Crippen LogP contribution is 2.20. The van der Waals surface area contributed by atoms with Crippen molar-refractivity contribution in [2.75, 3.05) is 0 Å². The summed E-state index contributed by atoms with van der Waals surface area (Å²) < 4.78 is 14.6. The smallest absolute Gasteiger partial charge is 0.326 e. The summed E-state index contributed by atoms with van der Waals surface area (Å²) in [6, 6.07) is 2.97. The maximum atomic E-state index is 13.3. The van der Waals surface area contributed by atoms with E-state index < -0.39 is 23.7 Å². The van der Waals surface area contributed by atoms with Crippen LogP contribution in [0.25, 0.3) is 5.69 Å². The van der Waals surface area contributed by atoms with Crippen LogP contribution in [-0.2, 0) is 4.79 Å². The third kappa shape index (κ3) is 4.33. The zero-order chi connectivity index (χ0) is 18.7. The van der Waals surface area contributed by atoms with Gasteiger partial charge in [0, 0.05) is 0 Å². The van der Waals surface area contributed by atoms with Gasteiger partial charge < -0.3 is 10.4 Å². The fourth-order valence-corrected chi connectivity index (χ4v) is 2.50. The minimum absolute atomic E-state index is 0.00421. The van der Waals surface area contributed by atoms with Crippen LogP contribution in [0.2, 0.25) is 5.02 Å². The minimum atomic E-state index is -1.11. The van der Waals surface area contributed by atoms with E-state index in [0.29, 0.717) is 17.8 Å². The Morgan fingerprint density at radius 2 is 2.08 bits per heavy atom. The lowest BCUT2D eigenvalue weighted by atomic mass is 10.0. The summed E-state index contributed by atoms with van der Waals surface area (Å²) in [7, 11) is 0. The highest BCUT2D eigenvalue weighted by atomic mass is 35.5. The van der Waals surface area contributed by atoms with Crippen LogP contribution in [0.1, 0.15) is 36.5 Å². The summed E-state index contributed by atoms with van der Waals surface area (Å²) in [4.78, 5) is 23.6. The molecule has 1 amide bonds. The van der Waals surface area contributed by atoms with Crippen molar-refractivity contribution in [2.45, 2.75) is 33.2 Å². The number of hydrogen-bond acceptors (Lipinski definition) is 4. The lowest BCUT2D eigenvalue weighted by molar-refractivity contribution is -0.139. The molecule has 2 aromatic rings. The number of carbonyl (C=O) groups is 2. The molecule has 0 aliphatic rings. The van der Waals surface area contributed by atoms with E-state index in [1.165, 1.54) is 22.9 Å². The van der Waals surface area contributed by atoms with Crippen LogP contribution in [0, 0.1) is 18.7 Å². The zero-order valence-corrected chi connectivity index (χ0v) is 14.7. The largest absolute Gasteiger partial charge is 0.480 e. The van der Waals surface area contributed by atoms with Gasteiger partial charge in [-0.2, -0.15) is 0 Å². The Morgan fingerprint density at radius 3 is 2.64 bits per heavy atom. The average molecular weight is 369 g/mol. The number of rotatable bonds is 6. The number of benzene rings is 1. The Morgan fingerprint density at radius 1 is 1.40 bits per heavy atom. The number of carbonyl (C=O) groups excluding carboxylic acids is 1. The topological polar surface area (TPSA) is 97.1 Å². The summed E-state index contributed by atoms with van der Waals surface area (Å²) in [5.74, 6) is -2.22. The Hall–Kier alpha value is -2.48. The molecule has 9 heteroatoms. The van der Waals surface area contributed by atoms with Gasteiger partial charge in [0.1, 0.15) is 11.9 Å². The molecule has 0 aliphatic heterocycles. The summed E-state index contributed by atoms with van der Waals surface area (Å²) in [5, 5.41) is 19.3. The molecule has 25 heavy (non-hydrogen) atoms. The molecule has 0 bridgehead atoms. The van der Waals surface area contributed by atoms with Crippen molar-refractivity contribution in [2.24, 2.45) is 5.92 Å². The second-order valence-electron chi connectivity index (χ2n) is 6.03. The quantitative estimate of drug-likeness (QED) is 0.816. The third-order valence-corrected chi connectivity index (χ3v) is 3.86. The fraction of sp³-hybridized carbons (Fsp3) is 0.375. The molecule has 1 atom stereocenters. The van der Waals surface area contributed by atoms with Gasteiger partial charge in [0.05, 0.1) is 16.4 Å². The van der Waals surface area contributed by atoms with Gasteiger partial charge in [-0.3, -0.25) is 4.79 Å². The van der Waals surface area contributed by atoms with Gasteiger partial charge in [-0.05, 0) is 37.5 Å². The summed E-state index contributed by atoms with van der Waals surface area (Å²) in [6.45, 7) is 5.33. The van der Waals surface area contributed by atoms with Crippen LogP contribution in [-0.4, -0.2) is 38.0 Å². The normalized spacial score (nSPS) is 12.2. The molecular weight excluding hydrogens is 351 g/mol. The van der Waals surface area contributed by atoms with E-state index >= 15 is 0 Å². The number of aromatic nitrogens is 3. The molecule has 1 aromatic heterocycles. The Balaban J connectivity index is 2.26. The number of aliphatic carboxylic acids is 1. The first-order valence-corrected chi connectivity index (χ1v) is 8.00. The predicted octanol–water partition coefficient (Wildman–Crippen LogP) is 2.60. The minimum Gasteiger partial charge on any atom is -0.480 e. The molecule has 7 nitrogen and oxygen atoms in total. The lowest BCUT2D eigenvalue weighted by Gasteiger charge is -2.15. The monoisotopic (exact) mass is 368 g/mol. The number of hydrogen-bond donors (Lipinski definition) is 2. The maximum absolute atomic E-state index is 13.3. The molecular formula is C16H18ClFN4O3. The third-order valence-electron chi connectivity index (χ3n) is 3.57. The second kappa shape index (κ2) is 7.60. The van der Waals surface area contributed by atoms with Crippen molar-refractivity contribution in [3.8, 4) is 5.69 Å². The highest BCUT2D eigenvalue weighted by Gasteiger charge is 2.25. The molecule has 1 heterocycles. The Kier molecular flexibility index (Phi) is 5.73. The summed E-state index contributed by atoms with van der Waals surface area (Å²) >= 11 is 5.76. The fourth-order valence-electron chi connectivity index (χ4n) is 2.32. The molecule has 2 rings (SSSR count). The van der Waals surface area contributed by atoms with Crippen LogP contribution in [0.15, 0.2) is 18.2 Å². The lowest BCUT2D eigenvalue weighted by Crippen LogP contribution is -2.42. The van der Waals surface area contributed by atoms with Crippen LogP contribution in [0.4, 0.5) is 4.39 Å². The van der Waals surface area contributed by atoms with Gasteiger partial charge >= 0.3 is 5.97 Å². The van der Waals surface area contributed by atoms with E-state index in [2.05, 4.69) is 15.6 Å². The molecule has 0 unspecified atom stereocenters. The number of carboxylic acid groups (broad SMARTS) is 1. The molecule has 0 fully saturated rings. The maximum Gasteiger partial charge on any atom is 0.326 e. The summed E-state index contributed by atoms with van der Waals surface area (Å²) in [5.41, 5.74) is 0.816. The molecule has 0 saturated heterocycles. The van der Waals surface area contributed by atoms with Crippen molar-refractivity contribution >= 4 is 23.5 Å². The Bertz CT molecular complexity index is 807. The number of halogens is 2. The van der Waals surface area contributed by atoms with Crippen LogP contribution >= 0.6 is 11.6 Å². The molecule has 0 aliphatic carbocycles. The number of amides is 1. The van der Waals surface area contributed by atoms with Crippen molar-refractivity contribution in [1.29, 1.82) is 0 Å². The zero-order valence-electron chi connectivity index (χ0n) is 14.0. The Labute approximate surface area is 148 Å². The highest BCUT2D eigenvalue weighted by molar-refractivity contribution is 6.30. The number of nitrogens with zero attached hydrogens (tertiary/aromatic N) is 3. The van der Waals surface area contributed by atoms with Gasteiger partial charge in [-0.15, -0.1) is 5.10 Å². The standard InChI is InChI=1S/C16H18ClFN4O3/c1-8(2)6-13(16(24)25)19-15(23)14-9(3)22(21-20-14)10-4-5-12(18)11(17)7-10/h4-5,7-8,13H,6H2,1-3H3,(H,19,23)(H,24,25)/t13-/m1/s1. The second-order valence-corrected chi connectivity index (χ2v) is 6.43. The molecule has 0 radical (unpaired) electrons. The van der Waals surface area contributed by atoms with E-state index in [1.54, 1.807) is 6.92 Å². The SMILES string of the molecule is Cc1c(C(=O)N[C@H](CC(C)C)C(=O)O)nnn1-c1ccc(F)c(Cl)c1. The molecule has 134 valence electrons. The van der Waals surface area contributed by atoms with Gasteiger partial charge in [-0.1, -0.05) is 30.7 Å². The molecule has 0 spiro atoms. The van der Waals surface area contributed by atoms with E-state index in [0.717, 1.165) is 0 Å². The van der Waals surface area contributed by atoms with E-state index in [-0.39, 0.29) is 16.6 Å². The molecule has 0 saturated carbocycles. The predicted molar refractivity (Wildman–Crippen MR) is 89.4 cm³/mol. The van der Waals surface area contributed by atoms with Gasteiger partial charge in [0.2, 0.25) is 0 Å². The van der Waals surface area contributed by atoms with Crippen molar-refractivity contribution in [1.82, 2.24) is 20.3 Å². The van der Waals surface area contributed by atoms with Gasteiger partial charge in [0.15, 0.2) is 5.69 Å². The van der Waals surface area contributed by atoms with E-state index in [1.807, 2.05) is 13.8 Å². The first-order valence-electron chi connectivity index (χ1n) is 7.62. The van der Waals surface area contributed by atoms with Crippen molar-refractivity contribution < 1.29 is 19.1 Å². The molecule has 2 N–H and O–H groups in total. The van der Waals surface area contributed by atoms with Crippen LogP contribution < -0.4 is 5.32 Å². The number of carboxylic acids is 1.